The molecule has 0 saturated carbocycles. The number of hydrogen-bond donors (Lipinski definition) is 1. The van der Waals surface area contributed by atoms with E-state index in [4.69, 9.17) is 10.5 Å². The molecule has 0 fully saturated rings. The summed E-state index contributed by atoms with van der Waals surface area (Å²) in [5.41, 5.74) is 7.28. The average molecular weight is 268 g/mol. The van der Waals surface area contributed by atoms with Crippen LogP contribution in [-0.2, 0) is 17.8 Å². The molecule has 0 bridgehead atoms. The molecular formula is C15H25FN2O. The predicted molar refractivity (Wildman–Crippen MR) is 76.3 cm³/mol. The van der Waals surface area contributed by atoms with Gasteiger partial charge < -0.3 is 10.5 Å². The minimum Gasteiger partial charge on any atom is -0.383 e. The Hall–Kier alpha value is -0.970. The zero-order valence-electron chi connectivity index (χ0n) is 12.2. The van der Waals surface area contributed by atoms with Crippen molar-refractivity contribution in [2.75, 3.05) is 20.3 Å². The number of nitrogens with zero attached hydrogens (tertiary/aromatic N) is 1. The first kappa shape index (κ1) is 16.1. The Morgan fingerprint density at radius 2 is 2.16 bits per heavy atom. The van der Waals surface area contributed by atoms with Crippen molar-refractivity contribution in [3.05, 3.63) is 35.1 Å². The van der Waals surface area contributed by atoms with Gasteiger partial charge in [-0.3, -0.25) is 4.90 Å². The molecule has 4 heteroatoms. The van der Waals surface area contributed by atoms with E-state index in [-0.39, 0.29) is 5.82 Å². The molecule has 1 unspecified atom stereocenters. The summed E-state index contributed by atoms with van der Waals surface area (Å²) in [4.78, 5) is 2.24. The first-order chi connectivity index (χ1) is 9.12. The number of methoxy groups -OCH3 is 1. The largest absolute Gasteiger partial charge is 0.383 e. The van der Waals surface area contributed by atoms with E-state index in [0.29, 0.717) is 31.3 Å². The Balaban J connectivity index is 2.82. The number of nitrogens with two attached hydrogens (primary N) is 1. The molecule has 108 valence electrons. The fraction of sp³-hybridized carbons (Fsp3) is 0.600. The van der Waals surface area contributed by atoms with Gasteiger partial charge in [-0.15, -0.1) is 0 Å². The van der Waals surface area contributed by atoms with Crippen LogP contribution in [0.3, 0.4) is 0 Å². The lowest BCUT2D eigenvalue weighted by atomic mass is 10.1. The van der Waals surface area contributed by atoms with Gasteiger partial charge in [-0.2, -0.15) is 0 Å². The van der Waals surface area contributed by atoms with E-state index in [1.54, 1.807) is 13.2 Å². The third kappa shape index (κ3) is 4.90. The van der Waals surface area contributed by atoms with E-state index in [0.717, 1.165) is 18.5 Å². The Morgan fingerprint density at radius 3 is 2.74 bits per heavy atom. The fourth-order valence-corrected chi connectivity index (χ4v) is 2.02. The van der Waals surface area contributed by atoms with E-state index in [9.17, 15) is 4.39 Å². The molecule has 0 aromatic heterocycles. The maximum atomic E-state index is 13.9. The highest BCUT2D eigenvalue weighted by molar-refractivity contribution is 5.25. The van der Waals surface area contributed by atoms with Gasteiger partial charge in [0.25, 0.3) is 0 Å². The van der Waals surface area contributed by atoms with Crippen LogP contribution in [0.25, 0.3) is 0 Å². The normalized spacial score (nSPS) is 12.9. The van der Waals surface area contributed by atoms with Gasteiger partial charge in [-0.05, 0) is 25.0 Å². The van der Waals surface area contributed by atoms with Gasteiger partial charge in [0.2, 0.25) is 0 Å². The van der Waals surface area contributed by atoms with Gasteiger partial charge in [0, 0.05) is 38.3 Å². The maximum Gasteiger partial charge on any atom is 0.127 e. The monoisotopic (exact) mass is 268 g/mol. The number of hydrogen-bond acceptors (Lipinski definition) is 3. The third-order valence-corrected chi connectivity index (χ3v) is 3.52. The lowest BCUT2D eigenvalue weighted by Crippen LogP contribution is -2.35. The molecular weight excluding hydrogens is 243 g/mol. The summed E-state index contributed by atoms with van der Waals surface area (Å²) in [5, 5.41) is 0. The van der Waals surface area contributed by atoms with Crippen LogP contribution in [0.4, 0.5) is 4.39 Å². The Kier molecular flexibility index (Phi) is 6.99. The van der Waals surface area contributed by atoms with Crippen LogP contribution >= 0.6 is 0 Å². The molecule has 0 amide bonds. The van der Waals surface area contributed by atoms with Crippen molar-refractivity contribution >= 4 is 0 Å². The van der Waals surface area contributed by atoms with Gasteiger partial charge in [0.1, 0.15) is 5.82 Å². The second kappa shape index (κ2) is 8.25. The number of rotatable bonds is 8. The van der Waals surface area contributed by atoms with E-state index in [2.05, 4.69) is 18.7 Å². The molecule has 0 heterocycles. The van der Waals surface area contributed by atoms with Crippen LogP contribution in [0.5, 0.6) is 0 Å². The highest BCUT2D eigenvalue weighted by Gasteiger charge is 2.14. The highest BCUT2D eigenvalue weighted by Crippen LogP contribution is 2.15. The quantitative estimate of drug-likeness (QED) is 0.787. The molecule has 1 rings (SSSR count). The molecule has 0 aliphatic rings. The van der Waals surface area contributed by atoms with Crippen LogP contribution in [0.15, 0.2) is 18.2 Å². The van der Waals surface area contributed by atoms with Crippen molar-refractivity contribution in [1.82, 2.24) is 4.90 Å². The maximum absolute atomic E-state index is 13.9. The SMILES string of the molecule is CCC(C)N(CCOC)Cc1cc(CN)ccc1F. The second-order valence-corrected chi connectivity index (χ2v) is 4.85. The van der Waals surface area contributed by atoms with E-state index >= 15 is 0 Å². The summed E-state index contributed by atoms with van der Waals surface area (Å²) >= 11 is 0. The lowest BCUT2D eigenvalue weighted by Gasteiger charge is -2.28. The zero-order chi connectivity index (χ0) is 14.3. The molecule has 3 nitrogen and oxygen atoms in total. The molecule has 19 heavy (non-hydrogen) atoms. The lowest BCUT2D eigenvalue weighted by molar-refractivity contribution is 0.117. The molecule has 0 spiro atoms. The van der Waals surface area contributed by atoms with Crippen LogP contribution in [0.2, 0.25) is 0 Å². The number of halogens is 1. The molecule has 0 saturated heterocycles. The van der Waals surface area contributed by atoms with Crippen LogP contribution in [0, 0.1) is 5.82 Å². The Morgan fingerprint density at radius 1 is 1.42 bits per heavy atom. The summed E-state index contributed by atoms with van der Waals surface area (Å²) in [7, 11) is 1.68. The summed E-state index contributed by atoms with van der Waals surface area (Å²) in [6, 6.07) is 5.50. The zero-order valence-corrected chi connectivity index (χ0v) is 12.2. The number of benzene rings is 1. The van der Waals surface area contributed by atoms with Crippen molar-refractivity contribution < 1.29 is 9.13 Å². The fourth-order valence-electron chi connectivity index (χ4n) is 2.02. The van der Waals surface area contributed by atoms with E-state index in [1.165, 1.54) is 6.07 Å². The topological polar surface area (TPSA) is 38.5 Å². The summed E-state index contributed by atoms with van der Waals surface area (Å²) in [6.07, 6.45) is 1.03. The van der Waals surface area contributed by atoms with Crippen molar-refractivity contribution in [2.45, 2.75) is 39.4 Å². The van der Waals surface area contributed by atoms with E-state index < -0.39 is 0 Å². The summed E-state index contributed by atoms with van der Waals surface area (Å²) in [6.45, 7) is 6.78. The van der Waals surface area contributed by atoms with E-state index in [1.807, 2.05) is 6.07 Å². The van der Waals surface area contributed by atoms with Crippen molar-refractivity contribution in [3.8, 4) is 0 Å². The van der Waals surface area contributed by atoms with Crippen molar-refractivity contribution in [3.63, 3.8) is 0 Å². The van der Waals surface area contributed by atoms with Crippen molar-refractivity contribution in [2.24, 2.45) is 5.73 Å². The molecule has 1 atom stereocenters. The van der Waals surface area contributed by atoms with Crippen LogP contribution < -0.4 is 5.73 Å². The number of ether oxygens (including phenoxy) is 1. The molecule has 0 radical (unpaired) electrons. The van der Waals surface area contributed by atoms with Gasteiger partial charge in [-0.25, -0.2) is 4.39 Å². The summed E-state index contributed by atoms with van der Waals surface area (Å²) in [5.74, 6) is -0.164. The smallest absolute Gasteiger partial charge is 0.127 e. The average Bonchev–Trinajstić information content (AvgIpc) is 2.44. The molecule has 1 aromatic carbocycles. The minimum absolute atomic E-state index is 0.164. The third-order valence-electron chi connectivity index (χ3n) is 3.52. The van der Waals surface area contributed by atoms with Gasteiger partial charge in [0.15, 0.2) is 0 Å². The van der Waals surface area contributed by atoms with Gasteiger partial charge in [-0.1, -0.05) is 19.1 Å². The van der Waals surface area contributed by atoms with Gasteiger partial charge >= 0.3 is 0 Å². The standard InChI is InChI=1S/C15H25FN2O/c1-4-12(2)18(7-8-19-3)11-14-9-13(10-17)5-6-15(14)16/h5-6,9,12H,4,7-8,10-11,17H2,1-3H3. The summed E-state index contributed by atoms with van der Waals surface area (Å²) < 4.78 is 19.0. The Bertz CT molecular complexity index is 384. The van der Waals surface area contributed by atoms with Crippen LogP contribution in [-0.4, -0.2) is 31.2 Å². The van der Waals surface area contributed by atoms with Crippen molar-refractivity contribution in [1.29, 1.82) is 0 Å². The first-order valence-electron chi connectivity index (χ1n) is 6.82. The second-order valence-electron chi connectivity index (χ2n) is 4.85. The first-order valence-corrected chi connectivity index (χ1v) is 6.82. The Labute approximate surface area is 115 Å². The molecule has 0 aliphatic carbocycles. The van der Waals surface area contributed by atoms with Gasteiger partial charge in [0.05, 0.1) is 6.61 Å². The molecule has 2 N–H and O–H groups in total. The van der Waals surface area contributed by atoms with Crippen LogP contribution in [0.1, 0.15) is 31.4 Å². The molecule has 1 aromatic rings. The highest BCUT2D eigenvalue weighted by atomic mass is 19.1. The molecule has 0 aliphatic heterocycles. The minimum atomic E-state index is -0.164. The predicted octanol–water partition coefficient (Wildman–Crippen LogP) is 2.53.